The molecular formula is C71H46N2. The zero-order chi connectivity index (χ0) is 48.3. The Morgan fingerprint density at radius 1 is 0.192 bits per heavy atom. The Labute approximate surface area is 426 Å². The molecule has 0 saturated carbocycles. The lowest BCUT2D eigenvalue weighted by atomic mass is 9.70. The van der Waals surface area contributed by atoms with Gasteiger partial charge in [-0.2, -0.15) is 0 Å². The predicted molar refractivity (Wildman–Crippen MR) is 302 cm³/mol. The van der Waals surface area contributed by atoms with Crippen LogP contribution < -0.4 is 0 Å². The zero-order valence-corrected chi connectivity index (χ0v) is 40.0. The van der Waals surface area contributed by atoms with Gasteiger partial charge < -0.3 is 0 Å². The predicted octanol–water partition coefficient (Wildman–Crippen LogP) is 18.2. The standard InChI is InChI=1S/C71H46N2/c1-5-21-47(22-6-1)55-43-65(49-25-9-3-10-26-49)72-67(45-55)53-31-17-29-51(41-53)57-35-19-39-63-69(57)59-33-13-15-37-61(59)71(63)62-38-16-14-34-60(62)70-58(36-20-40-64(70)71)52-30-18-32-54(42-52)68-46-56(48-23-7-2-8-24-48)44-66(73-68)50-27-11-4-12-28-50/h1-46H. The summed E-state index contributed by atoms with van der Waals surface area (Å²) in [6.07, 6.45) is 0. The number of benzene rings is 10. The van der Waals surface area contributed by atoms with E-state index in [4.69, 9.17) is 9.97 Å². The fourth-order valence-electron chi connectivity index (χ4n) is 11.9. The highest BCUT2D eigenvalue weighted by Crippen LogP contribution is 2.65. The van der Waals surface area contributed by atoms with Gasteiger partial charge in [-0.05, 0) is 125 Å². The van der Waals surface area contributed by atoms with E-state index in [1.54, 1.807) is 0 Å². The molecule has 2 heteroatoms. The van der Waals surface area contributed by atoms with Crippen LogP contribution in [-0.2, 0) is 5.41 Å². The van der Waals surface area contributed by atoms with Gasteiger partial charge in [-0.25, -0.2) is 9.97 Å². The molecule has 73 heavy (non-hydrogen) atoms. The van der Waals surface area contributed by atoms with Crippen LogP contribution in [0.3, 0.4) is 0 Å². The van der Waals surface area contributed by atoms with E-state index in [0.29, 0.717) is 0 Å². The number of hydrogen-bond acceptors (Lipinski definition) is 2. The van der Waals surface area contributed by atoms with Crippen molar-refractivity contribution in [1.29, 1.82) is 0 Å². The van der Waals surface area contributed by atoms with Crippen molar-refractivity contribution in [1.82, 2.24) is 9.97 Å². The van der Waals surface area contributed by atoms with Gasteiger partial charge >= 0.3 is 0 Å². The van der Waals surface area contributed by atoms with Crippen LogP contribution in [0.2, 0.25) is 0 Å². The topological polar surface area (TPSA) is 25.8 Å². The maximum atomic E-state index is 5.34. The molecule has 2 heterocycles. The number of pyridine rings is 2. The first-order chi connectivity index (χ1) is 36.2. The van der Waals surface area contributed by atoms with E-state index in [1.165, 1.54) is 66.8 Å². The van der Waals surface area contributed by atoms with Crippen molar-refractivity contribution in [2.24, 2.45) is 0 Å². The molecule has 0 fully saturated rings. The number of aromatic nitrogens is 2. The highest BCUT2D eigenvalue weighted by Gasteiger charge is 2.52. The van der Waals surface area contributed by atoms with E-state index in [-0.39, 0.29) is 0 Å². The molecule has 1 spiro atoms. The molecule has 2 aliphatic rings. The van der Waals surface area contributed by atoms with Crippen LogP contribution in [0.5, 0.6) is 0 Å². The van der Waals surface area contributed by atoms with Crippen LogP contribution in [0.25, 0.3) is 112 Å². The second-order valence-electron chi connectivity index (χ2n) is 19.2. The van der Waals surface area contributed by atoms with E-state index in [2.05, 4.69) is 279 Å². The molecule has 0 bridgehead atoms. The highest BCUT2D eigenvalue weighted by atomic mass is 14.7. The van der Waals surface area contributed by atoms with Gasteiger partial charge in [0.05, 0.1) is 28.2 Å². The SMILES string of the molecule is c1ccc(-c2cc(-c3ccccc3)nc(-c3cccc(-c4cccc5c4-c4ccccc4C54c5ccccc5-c5c(-c6cccc(-c7cc(-c8ccccc8)cc(-c8ccccc8)n7)c6)cccc54)c3)c2)cc1. The number of hydrogen-bond donors (Lipinski definition) is 0. The van der Waals surface area contributed by atoms with Crippen LogP contribution in [-0.4, -0.2) is 9.97 Å². The van der Waals surface area contributed by atoms with E-state index in [0.717, 1.165) is 67.3 Å². The third-order valence-corrected chi connectivity index (χ3v) is 15.1. The summed E-state index contributed by atoms with van der Waals surface area (Å²) < 4.78 is 0. The summed E-state index contributed by atoms with van der Waals surface area (Å²) in [5, 5.41) is 0. The molecule has 10 aromatic carbocycles. The fourth-order valence-corrected chi connectivity index (χ4v) is 11.9. The summed E-state index contributed by atoms with van der Waals surface area (Å²) in [7, 11) is 0. The molecule has 0 saturated heterocycles. The van der Waals surface area contributed by atoms with Gasteiger partial charge in [0.1, 0.15) is 0 Å². The van der Waals surface area contributed by atoms with Gasteiger partial charge in [-0.3, -0.25) is 0 Å². The van der Waals surface area contributed by atoms with Crippen LogP contribution in [0.15, 0.2) is 279 Å². The van der Waals surface area contributed by atoms with Crippen molar-refractivity contribution < 1.29 is 0 Å². The molecule has 340 valence electrons. The summed E-state index contributed by atoms with van der Waals surface area (Å²) in [6.45, 7) is 0. The van der Waals surface area contributed by atoms with Crippen molar-refractivity contribution in [2.45, 2.75) is 5.41 Å². The first-order valence-electron chi connectivity index (χ1n) is 25.1. The van der Waals surface area contributed by atoms with Gasteiger partial charge in [0, 0.05) is 22.3 Å². The van der Waals surface area contributed by atoms with Gasteiger partial charge in [-0.1, -0.05) is 243 Å². The molecule has 0 radical (unpaired) electrons. The summed E-state index contributed by atoms with van der Waals surface area (Å²) in [6, 6.07) is 101. The lowest BCUT2D eigenvalue weighted by molar-refractivity contribution is 0.794. The maximum absolute atomic E-state index is 5.34. The molecule has 0 amide bonds. The third-order valence-electron chi connectivity index (χ3n) is 15.1. The minimum atomic E-state index is -0.536. The van der Waals surface area contributed by atoms with E-state index in [9.17, 15) is 0 Å². The van der Waals surface area contributed by atoms with Crippen molar-refractivity contribution in [2.75, 3.05) is 0 Å². The average molecular weight is 927 g/mol. The van der Waals surface area contributed by atoms with E-state index < -0.39 is 5.41 Å². The Morgan fingerprint density at radius 3 is 0.890 bits per heavy atom. The Morgan fingerprint density at radius 2 is 0.479 bits per heavy atom. The lowest BCUT2D eigenvalue weighted by Crippen LogP contribution is -2.25. The smallest absolute Gasteiger partial charge is 0.0725 e. The molecule has 0 N–H and O–H groups in total. The molecule has 14 rings (SSSR count). The fraction of sp³-hybridized carbons (Fsp3) is 0.0141. The molecule has 2 nitrogen and oxygen atoms in total. The second kappa shape index (κ2) is 17.4. The van der Waals surface area contributed by atoms with Gasteiger partial charge in [0.15, 0.2) is 0 Å². The van der Waals surface area contributed by atoms with Gasteiger partial charge in [0.2, 0.25) is 0 Å². The molecule has 0 unspecified atom stereocenters. The highest BCUT2D eigenvalue weighted by molar-refractivity contribution is 6.03. The zero-order valence-electron chi connectivity index (χ0n) is 40.0. The minimum Gasteiger partial charge on any atom is -0.248 e. The van der Waals surface area contributed by atoms with Crippen molar-refractivity contribution in [3.8, 4) is 112 Å². The Balaban J connectivity index is 0.922. The van der Waals surface area contributed by atoms with E-state index >= 15 is 0 Å². The Hall–Kier alpha value is -9.50. The molecule has 2 aliphatic carbocycles. The van der Waals surface area contributed by atoms with Crippen LogP contribution in [0.1, 0.15) is 22.3 Å². The summed E-state index contributed by atoms with van der Waals surface area (Å²) >= 11 is 0. The lowest BCUT2D eigenvalue weighted by Gasteiger charge is -2.30. The number of fused-ring (bicyclic) bond motifs is 10. The summed E-state index contributed by atoms with van der Waals surface area (Å²) in [5.74, 6) is 0. The van der Waals surface area contributed by atoms with Crippen LogP contribution >= 0.6 is 0 Å². The maximum Gasteiger partial charge on any atom is 0.0725 e. The first-order valence-corrected chi connectivity index (χ1v) is 25.1. The quantitative estimate of drug-likeness (QED) is 0.152. The van der Waals surface area contributed by atoms with Crippen LogP contribution in [0, 0.1) is 0 Å². The first kappa shape index (κ1) is 42.4. The van der Waals surface area contributed by atoms with Gasteiger partial charge in [-0.15, -0.1) is 0 Å². The van der Waals surface area contributed by atoms with Crippen molar-refractivity contribution >= 4 is 0 Å². The minimum absolute atomic E-state index is 0.536. The number of rotatable bonds is 8. The Bertz CT molecular complexity index is 3680. The largest absolute Gasteiger partial charge is 0.248 e. The molecule has 2 aromatic heterocycles. The summed E-state index contributed by atoms with van der Waals surface area (Å²) in [5.41, 5.74) is 27.3. The molecule has 0 aliphatic heterocycles. The second-order valence-corrected chi connectivity index (χ2v) is 19.2. The third kappa shape index (κ3) is 7.02. The molecule has 0 atom stereocenters. The Kier molecular flexibility index (Phi) is 10.1. The average Bonchev–Trinajstić information content (AvgIpc) is 3.97. The van der Waals surface area contributed by atoms with Crippen molar-refractivity contribution in [3.05, 3.63) is 301 Å². The molecular weight excluding hydrogens is 881 g/mol. The number of nitrogens with zero attached hydrogens (tertiary/aromatic N) is 2. The summed E-state index contributed by atoms with van der Waals surface area (Å²) in [4.78, 5) is 10.7. The monoisotopic (exact) mass is 926 g/mol. The van der Waals surface area contributed by atoms with Gasteiger partial charge in [0.25, 0.3) is 0 Å². The normalized spacial score (nSPS) is 12.5. The van der Waals surface area contributed by atoms with Crippen LogP contribution in [0.4, 0.5) is 0 Å². The molecule has 12 aromatic rings. The van der Waals surface area contributed by atoms with Crippen molar-refractivity contribution in [3.63, 3.8) is 0 Å². The van der Waals surface area contributed by atoms with E-state index in [1.807, 2.05) is 0 Å².